The van der Waals surface area contributed by atoms with E-state index in [0.29, 0.717) is 6.04 Å². The molecule has 1 heterocycles. The van der Waals surface area contributed by atoms with E-state index >= 15 is 0 Å². The Morgan fingerprint density at radius 2 is 2.13 bits per heavy atom. The highest BCUT2D eigenvalue weighted by Crippen LogP contribution is 2.48. The average molecular weight is 209 g/mol. The summed E-state index contributed by atoms with van der Waals surface area (Å²) in [5, 5.41) is 0. The summed E-state index contributed by atoms with van der Waals surface area (Å²) in [6, 6.07) is 0.779. The molecule has 3 fully saturated rings. The highest BCUT2D eigenvalue weighted by molar-refractivity contribution is 5.76. The molecule has 3 heteroatoms. The summed E-state index contributed by atoms with van der Waals surface area (Å²) < 4.78 is 4.84. The van der Waals surface area contributed by atoms with Crippen LogP contribution in [0.4, 0.5) is 0 Å². The Morgan fingerprint density at radius 3 is 2.60 bits per heavy atom. The largest absolute Gasteiger partial charge is 0.468 e. The van der Waals surface area contributed by atoms with E-state index in [2.05, 4.69) is 4.90 Å². The third-order valence-electron chi connectivity index (χ3n) is 4.66. The van der Waals surface area contributed by atoms with Crippen LogP contribution in [0.1, 0.15) is 32.1 Å². The fourth-order valence-corrected chi connectivity index (χ4v) is 3.81. The monoisotopic (exact) mass is 209 g/mol. The van der Waals surface area contributed by atoms with E-state index in [4.69, 9.17) is 4.74 Å². The number of rotatable bonds is 2. The Kier molecular flexibility index (Phi) is 2.23. The van der Waals surface area contributed by atoms with Gasteiger partial charge in [-0.1, -0.05) is 6.42 Å². The lowest BCUT2D eigenvalue weighted by molar-refractivity contribution is -0.154. The van der Waals surface area contributed by atoms with Crippen LogP contribution in [-0.2, 0) is 9.53 Å². The number of carbonyl (C=O) groups excluding carboxylic acids is 1. The van der Waals surface area contributed by atoms with Gasteiger partial charge < -0.3 is 4.74 Å². The first-order valence-electron chi connectivity index (χ1n) is 6.13. The summed E-state index contributed by atoms with van der Waals surface area (Å²) in [7, 11) is 1.50. The van der Waals surface area contributed by atoms with Crippen LogP contribution in [0, 0.1) is 11.8 Å². The van der Waals surface area contributed by atoms with Gasteiger partial charge >= 0.3 is 5.97 Å². The summed E-state index contributed by atoms with van der Waals surface area (Å²) in [6.07, 6.45) is 6.56. The summed E-state index contributed by atoms with van der Waals surface area (Å²) in [4.78, 5) is 13.9. The van der Waals surface area contributed by atoms with E-state index < -0.39 is 0 Å². The minimum atomic E-state index is -0.0241. The molecule has 1 aliphatic heterocycles. The van der Waals surface area contributed by atoms with E-state index in [1.54, 1.807) is 0 Å². The second kappa shape index (κ2) is 3.48. The number of hydrogen-bond acceptors (Lipinski definition) is 3. The predicted octanol–water partition coefficient (Wildman–Crippen LogP) is 1.42. The van der Waals surface area contributed by atoms with Crippen LogP contribution in [0.2, 0.25) is 0 Å². The topological polar surface area (TPSA) is 29.5 Å². The Hall–Kier alpha value is -0.570. The zero-order chi connectivity index (χ0) is 10.4. The highest BCUT2D eigenvalue weighted by atomic mass is 16.5. The molecule has 1 saturated heterocycles. The smallest absolute Gasteiger partial charge is 0.323 e. The van der Waals surface area contributed by atoms with Gasteiger partial charge in [-0.2, -0.15) is 0 Å². The Morgan fingerprint density at radius 1 is 1.27 bits per heavy atom. The number of fused-ring (bicyclic) bond motifs is 2. The molecule has 2 bridgehead atoms. The first-order valence-corrected chi connectivity index (χ1v) is 6.13. The maximum Gasteiger partial charge on any atom is 0.323 e. The summed E-state index contributed by atoms with van der Waals surface area (Å²) in [6.45, 7) is 1.10. The van der Waals surface area contributed by atoms with Crippen LogP contribution in [0.3, 0.4) is 0 Å². The number of methoxy groups -OCH3 is 1. The molecule has 0 aromatic carbocycles. The molecule has 2 aliphatic carbocycles. The van der Waals surface area contributed by atoms with Gasteiger partial charge in [0.15, 0.2) is 0 Å². The lowest BCUT2D eigenvalue weighted by Gasteiger charge is -2.45. The molecule has 3 rings (SSSR count). The van der Waals surface area contributed by atoms with Crippen LogP contribution in [0.25, 0.3) is 0 Å². The van der Waals surface area contributed by atoms with Crippen molar-refractivity contribution in [2.45, 2.75) is 44.2 Å². The molecular weight excluding hydrogens is 190 g/mol. The van der Waals surface area contributed by atoms with Crippen molar-refractivity contribution in [2.24, 2.45) is 11.8 Å². The molecule has 15 heavy (non-hydrogen) atoms. The van der Waals surface area contributed by atoms with Gasteiger partial charge in [0.1, 0.15) is 6.04 Å². The Balaban J connectivity index is 1.66. The molecule has 3 aliphatic rings. The van der Waals surface area contributed by atoms with Crippen molar-refractivity contribution in [3.8, 4) is 0 Å². The molecule has 0 aromatic heterocycles. The van der Waals surface area contributed by atoms with Gasteiger partial charge in [0.05, 0.1) is 7.11 Å². The second-order valence-corrected chi connectivity index (χ2v) is 5.31. The second-order valence-electron chi connectivity index (χ2n) is 5.31. The first-order chi connectivity index (χ1) is 7.29. The average Bonchev–Trinajstić information content (AvgIpc) is 2.77. The third kappa shape index (κ3) is 1.40. The van der Waals surface area contributed by atoms with E-state index in [-0.39, 0.29) is 12.0 Å². The molecule has 0 N–H and O–H groups in total. The molecule has 4 unspecified atom stereocenters. The van der Waals surface area contributed by atoms with Gasteiger partial charge in [-0.3, -0.25) is 9.69 Å². The molecule has 2 saturated carbocycles. The van der Waals surface area contributed by atoms with E-state index in [0.717, 1.165) is 24.8 Å². The van der Waals surface area contributed by atoms with Crippen LogP contribution in [0.15, 0.2) is 0 Å². The number of ether oxygens (including phenoxy) is 1. The van der Waals surface area contributed by atoms with Crippen LogP contribution < -0.4 is 0 Å². The maximum atomic E-state index is 11.5. The van der Waals surface area contributed by atoms with E-state index in [1.165, 1.54) is 32.8 Å². The minimum Gasteiger partial charge on any atom is -0.468 e. The minimum absolute atomic E-state index is 0.0241. The van der Waals surface area contributed by atoms with Crippen molar-refractivity contribution in [3.63, 3.8) is 0 Å². The van der Waals surface area contributed by atoms with Crippen molar-refractivity contribution in [3.05, 3.63) is 0 Å². The van der Waals surface area contributed by atoms with Crippen LogP contribution >= 0.6 is 0 Å². The maximum absolute atomic E-state index is 11.5. The quantitative estimate of drug-likeness (QED) is 0.644. The normalized spacial score (nSPS) is 44.1. The first kappa shape index (κ1) is 9.64. The van der Waals surface area contributed by atoms with Gasteiger partial charge in [-0.15, -0.1) is 0 Å². The zero-order valence-corrected chi connectivity index (χ0v) is 9.32. The number of nitrogens with zero attached hydrogens (tertiary/aromatic N) is 1. The van der Waals surface area contributed by atoms with Crippen molar-refractivity contribution in [1.29, 1.82) is 0 Å². The van der Waals surface area contributed by atoms with Crippen LogP contribution in [0.5, 0.6) is 0 Å². The lowest BCUT2D eigenvalue weighted by Crippen LogP contribution is -2.58. The molecule has 84 valence electrons. The number of hydrogen-bond donors (Lipinski definition) is 0. The molecule has 0 aromatic rings. The van der Waals surface area contributed by atoms with Crippen molar-refractivity contribution < 1.29 is 9.53 Å². The fraction of sp³-hybridized carbons (Fsp3) is 0.917. The van der Waals surface area contributed by atoms with Crippen LogP contribution in [-0.4, -0.2) is 36.6 Å². The van der Waals surface area contributed by atoms with Gasteiger partial charge in [0, 0.05) is 12.6 Å². The summed E-state index contributed by atoms with van der Waals surface area (Å²) in [5.41, 5.74) is 0. The van der Waals surface area contributed by atoms with E-state index in [1.807, 2.05) is 0 Å². The summed E-state index contributed by atoms with van der Waals surface area (Å²) in [5.74, 6) is 1.81. The molecule has 0 spiro atoms. The molecular formula is C12H19NO2. The number of likely N-dealkylation sites (tertiary alicyclic amines) is 1. The fourth-order valence-electron chi connectivity index (χ4n) is 3.81. The van der Waals surface area contributed by atoms with Crippen molar-refractivity contribution in [1.82, 2.24) is 4.90 Å². The van der Waals surface area contributed by atoms with Gasteiger partial charge in [0.25, 0.3) is 0 Å². The third-order valence-corrected chi connectivity index (χ3v) is 4.66. The Bertz CT molecular complexity index is 279. The number of carbonyl (C=O) groups is 1. The standard InChI is InChI=1S/C12H19NO2/c1-15-12(14)10-4-5-13(10)11-7-8-2-3-9(11)6-8/h8-11H,2-7H2,1H3. The predicted molar refractivity (Wildman–Crippen MR) is 56.4 cm³/mol. The SMILES string of the molecule is COC(=O)C1CCN1C1CC2CCC1C2. The van der Waals surface area contributed by atoms with Gasteiger partial charge in [-0.05, 0) is 37.5 Å². The van der Waals surface area contributed by atoms with Gasteiger partial charge in [0.2, 0.25) is 0 Å². The molecule has 0 radical (unpaired) electrons. The zero-order valence-electron chi connectivity index (χ0n) is 9.32. The molecule has 4 atom stereocenters. The van der Waals surface area contributed by atoms with E-state index in [9.17, 15) is 4.79 Å². The summed E-state index contributed by atoms with van der Waals surface area (Å²) >= 11 is 0. The highest BCUT2D eigenvalue weighted by Gasteiger charge is 2.48. The Labute approximate surface area is 90.8 Å². The number of esters is 1. The van der Waals surface area contributed by atoms with Crippen molar-refractivity contribution >= 4 is 5.97 Å². The lowest BCUT2D eigenvalue weighted by atomic mass is 9.89. The molecule has 0 amide bonds. The van der Waals surface area contributed by atoms with Crippen molar-refractivity contribution in [2.75, 3.05) is 13.7 Å². The molecule has 3 nitrogen and oxygen atoms in total. The van der Waals surface area contributed by atoms with Gasteiger partial charge in [-0.25, -0.2) is 0 Å².